The molecule has 5 nitrogen and oxygen atoms in total. The zero-order valence-electron chi connectivity index (χ0n) is 8.49. The number of aromatic amines is 1. The van der Waals surface area contributed by atoms with Gasteiger partial charge in [-0.05, 0) is 25.3 Å². The molecule has 1 heterocycles. The Bertz CT molecular complexity index is 520. The quantitative estimate of drug-likeness (QED) is 0.564. The van der Waals surface area contributed by atoms with E-state index in [4.69, 9.17) is 4.55 Å². The van der Waals surface area contributed by atoms with Crippen LogP contribution in [0.2, 0.25) is 0 Å². The average molecular weight is 241 g/mol. The van der Waals surface area contributed by atoms with Gasteiger partial charge in [-0.15, -0.1) is 0 Å². The molecule has 2 N–H and O–H groups in total. The summed E-state index contributed by atoms with van der Waals surface area (Å²) in [4.78, 5) is 25.4. The summed E-state index contributed by atoms with van der Waals surface area (Å²) < 4.78 is 19.8. The number of carbonyl (C=O) groups excluding carboxylic acids is 1. The van der Waals surface area contributed by atoms with Crippen molar-refractivity contribution in [2.45, 2.75) is 30.6 Å². The fourth-order valence-electron chi connectivity index (χ4n) is 1.85. The van der Waals surface area contributed by atoms with Crippen LogP contribution in [-0.4, -0.2) is 19.5 Å². The molecule has 0 fully saturated rings. The highest BCUT2D eigenvalue weighted by molar-refractivity contribution is 7.79. The van der Waals surface area contributed by atoms with Crippen LogP contribution in [-0.2, 0) is 17.5 Å². The van der Waals surface area contributed by atoms with Crippen LogP contribution in [0, 0.1) is 0 Å². The Morgan fingerprint density at radius 3 is 2.62 bits per heavy atom. The van der Waals surface area contributed by atoms with Crippen molar-refractivity contribution in [2.24, 2.45) is 0 Å². The van der Waals surface area contributed by atoms with Crippen LogP contribution in [0.1, 0.15) is 35.3 Å². The predicted molar refractivity (Wildman–Crippen MR) is 58.0 cm³/mol. The van der Waals surface area contributed by atoms with Gasteiger partial charge in [-0.1, -0.05) is 0 Å². The number of fused-ring (bicyclic) bond motifs is 1. The zero-order chi connectivity index (χ0) is 11.7. The Kier molecular flexibility index (Phi) is 3.02. The third-order valence-electron chi connectivity index (χ3n) is 2.66. The molecule has 1 atom stereocenters. The number of carbonyl (C=O) groups is 1. The molecule has 1 aromatic rings. The van der Waals surface area contributed by atoms with Crippen molar-refractivity contribution in [3.8, 4) is 0 Å². The van der Waals surface area contributed by atoms with E-state index in [0.717, 1.165) is 12.8 Å². The summed E-state index contributed by atoms with van der Waals surface area (Å²) in [6.07, 6.45) is 2.69. The molecule has 1 aliphatic carbocycles. The topological polar surface area (TPSA) is 87.2 Å². The van der Waals surface area contributed by atoms with Gasteiger partial charge in [0.15, 0.2) is 16.9 Å². The van der Waals surface area contributed by atoms with Gasteiger partial charge in [0.2, 0.25) is 0 Å². The van der Waals surface area contributed by atoms with Gasteiger partial charge in [0.05, 0.1) is 0 Å². The van der Waals surface area contributed by atoms with E-state index in [1.807, 2.05) is 0 Å². The molecule has 1 unspecified atom stereocenters. The summed E-state index contributed by atoms with van der Waals surface area (Å²) in [6, 6.07) is 1.25. The lowest BCUT2D eigenvalue weighted by Gasteiger charge is -2.05. The van der Waals surface area contributed by atoms with E-state index >= 15 is 0 Å². The number of hydrogen-bond donors (Lipinski definition) is 2. The maximum Gasteiger partial charge on any atom is 0.266 e. The van der Waals surface area contributed by atoms with Gasteiger partial charge in [0, 0.05) is 17.7 Å². The van der Waals surface area contributed by atoms with Crippen LogP contribution in [0.15, 0.2) is 15.8 Å². The van der Waals surface area contributed by atoms with Crippen LogP contribution in [0.5, 0.6) is 0 Å². The number of rotatable bonds is 1. The number of ketones is 1. The van der Waals surface area contributed by atoms with E-state index in [-0.39, 0.29) is 10.7 Å². The first-order valence-electron chi connectivity index (χ1n) is 5.00. The molecule has 0 amide bonds. The Morgan fingerprint density at radius 2 is 1.94 bits per heavy atom. The highest BCUT2D eigenvalue weighted by Crippen LogP contribution is 2.19. The second kappa shape index (κ2) is 4.31. The van der Waals surface area contributed by atoms with E-state index in [1.54, 1.807) is 0 Å². The molecule has 6 heteroatoms. The minimum absolute atomic E-state index is 0.0737. The molecule has 0 aliphatic heterocycles. The van der Waals surface area contributed by atoms with E-state index in [0.29, 0.717) is 24.1 Å². The molecule has 0 saturated carbocycles. The number of Topliss-reactive ketones (excluding diaryl/α,β-unsaturated/α-hetero) is 1. The second-order valence-corrected chi connectivity index (χ2v) is 4.67. The van der Waals surface area contributed by atoms with Crippen molar-refractivity contribution in [3.05, 3.63) is 27.7 Å². The number of aryl methyl sites for hydroxylation is 1. The molecule has 0 saturated heterocycles. The van der Waals surface area contributed by atoms with Gasteiger partial charge in [-0.2, -0.15) is 0 Å². The van der Waals surface area contributed by atoms with Crippen molar-refractivity contribution in [2.75, 3.05) is 0 Å². The fourth-order valence-corrected chi connectivity index (χ4v) is 2.28. The monoisotopic (exact) mass is 241 g/mol. The average Bonchev–Trinajstić information content (AvgIpc) is 2.39. The molecule has 86 valence electrons. The molecular formula is C10H11NO4S. The second-order valence-electron chi connectivity index (χ2n) is 3.73. The number of aromatic nitrogens is 1. The lowest BCUT2D eigenvalue weighted by molar-refractivity contribution is 0.0981. The molecule has 2 rings (SSSR count). The standard InChI is InChI=1S/C10H11NO4S/c12-8-4-2-1-3-7-6(8)5-9(16(14)15)10(13)11-7/h5H,1-4H2,(H,11,13)(H,14,15). The minimum Gasteiger partial charge on any atom is -0.324 e. The maximum atomic E-state index is 11.7. The number of nitrogens with one attached hydrogen (secondary N) is 1. The third-order valence-corrected chi connectivity index (χ3v) is 3.34. The summed E-state index contributed by atoms with van der Waals surface area (Å²) in [5.74, 6) is -0.0737. The Hall–Kier alpha value is -1.27. The van der Waals surface area contributed by atoms with E-state index < -0.39 is 16.6 Å². The summed E-state index contributed by atoms with van der Waals surface area (Å²) in [6.45, 7) is 0. The van der Waals surface area contributed by atoms with E-state index in [2.05, 4.69) is 4.98 Å². The van der Waals surface area contributed by atoms with Crippen molar-refractivity contribution >= 4 is 16.9 Å². The summed E-state index contributed by atoms with van der Waals surface area (Å²) in [5, 5.41) is 0. The van der Waals surface area contributed by atoms with Gasteiger partial charge in [0.1, 0.15) is 4.90 Å². The minimum atomic E-state index is -2.36. The van der Waals surface area contributed by atoms with Gasteiger partial charge >= 0.3 is 0 Å². The number of hydrogen-bond acceptors (Lipinski definition) is 3. The fraction of sp³-hybridized carbons (Fsp3) is 0.400. The highest BCUT2D eigenvalue weighted by atomic mass is 32.2. The normalized spacial score (nSPS) is 17.7. The lowest BCUT2D eigenvalue weighted by atomic mass is 10.1. The van der Waals surface area contributed by atoms with E-state index in [9.17, 15) is 13.8 Å². The maximum absolute atomic E-state index is 11.7. The predicted octanol–water partition coefficient (Wildman–Crippen LogP) is 0.865. The Morgan fingerprint density at radius 1 is 1.25 bits per heavy atom. The number of pyridine rings is 1. The smallest absolute Gasteiger partial charge is 0.266 e. The third kappa shape index (κ3) is 1.98. The van der Waals surface area contributed by atoms with Crippen molar-refractivity contribution in [1.29, 1.82) is 0 Å². The Balaban J connectivity index is 2.62. The molecule has 0 radical (unpaired) electrons. The summed E-state index contributed by atoms with van der Waals surface area (Å²) >= 11 is -2.36. The molecule has 0 bridgehead atoms. The molecule has 0 spiro atoms. The summed E-state index contributed by atoms with van der Waals surface area (Å²) in [5.41, 5.74) is 0.380. The first kappa shape index (κ1) is 11.2. The first-order chi connectivity index (χ1) is 7.59. The molecule has 1 aliphatic rings. The first-order valence-corrected chi connectivity index (χ1v) is 6.10. The molecule has 0 aromatic carbocycles. The van der Waals surface area contributed by atoms with Crippen molar-refractivity contribution in [1.82, 2.24) is 4.98 Å². The van der Waals surface area contributed by atoms with Gasteiger partial charge < -0.3 is 9.54 Å². The van der Waals surface area contributed by atoms with Crippen LogP contribution in [0.4, 0.5) is 0 Å². The number of H-pyrrole nitrogens is 1. The van der Waals surface area contributed by atoms with Gasteiger partial charge in [-0.3, -0.25) is 9.59 Å². The van der Waals surface area contributed by atoms with Crippen LogP contribution >= 0.6 is 0 Å². The molecule has 1 aromatic heterocycles. The van der Waals surface area contributed by atoms with Crippen LogP contribution in [0.3, 0.4) is 0 Å². The van der Waals surface area contributed by atoms with Gasteiger partial charge in [-0.25, -0.2) is 4.21 Å². The van der Waals surface area contributed by atoms with Crippen molar-refractivity contribution < 1.29 is 13.6 Å². The van der Waals surface area contributed by atoms with Crippen LogP contribution in [0.25, 0.3) is 0 Å². The molecule has 16 heavy (non-hydrogen) atoms. The zero-order valence-corrected chi connectivity index (χ0v) is 9.30. The Labute approximate surface area is 94.2 Å². The lowest BCUT2D eigenvalue weighted by Crippen LogP contribution is -2.18. The highest BCUT2D eigenvalue weighted by Gasteiger charge is 2.19. The largest absolute Gasteiger partial charge is 0.324 e. The summed E-state index contributed by atoms with van der Waals surface area (Å²) in [7, 11) is 0. The van der Waals surface area contributed by atoms with Crippen LogP contribution < -0.4 is 5.56 Å². The van der Waals surface area contributed by atoms with E-state index in [1.165, 1.54) is 6.07 Å². The molecular weight excluding hydrogens is 230 g/mol. The van der Waals surface area contributed by atoms with Crippen molar-refractivity contribution in [3.63, 3.8) is 0 Å². The SMILES string of the molecule is O=C1CCCCc2[nH]c(=O)c(S(=O)O)cc21. The van der Waals surface area contributed by atoms with Gasteiger partial charge in [0.25, 0.3) is 5.56 Å².